The highest BCUT2D eigenvalue weighted by atomic mass is 16.5. The highest BCUT2D eigenvalue weighted by Crippen LogP contribution is 2.40. The SMILES string of the molecule is C=CCOc1ccc(C(O)=C2C(=O)C(=O)N(CCN3CCOCC3)[C@H]2c2ccc(OC)cc2)c(C)c1. The number of hydrogen-bond donors (Lipinski definition) is 1. The number of carbonyl (C=O) groups excluding carboxylic acids is 2. The molecule has 2 saturated heterocycles. The van der Waals surface area contributed by atoms with Gasteiger partial charge in [-0.15, -0.1) is 0 Å². The summed E-state index contributed by atoms with van der Waals surface area (Å²) in [6.45, 7) is 9.63. The van der Waals surface area contributed by atoms with Gasteiger partial charge >= 0.3 is 0 Å². The fourth-order valence-electron chi connectivity index (χ4n) is 4.61. The quantitative estimate of drug-likeness (QED) is 0.249. The van der Waals surface area contributed by atoms with Gasteiger partial charge in [-0.25, -0.2) is 0 Å². The number of ketones is 1. The minimum Gasteiger partial charge on any atom is -0.507 e. The Morgan fingerprint density at radius 1 is 1.11 bits per heavy atom. The molecule has 0 radical (unpaired) electrons. The molecule has 8 heteroatoms. The summed E-state index contributed by atoms with van der Waals surface area (Å²) in [6.07, 6.45) is 1.65. The number of ether oxygens (including phenoxy) is 3. The molecule has 1 amide bonds. The number of aryl methyl sites for hydroxylation is 1. The van der Waals surface area contributed by atoms with Crippen LogP contribution in [-0.4, -0.2) is 79.7 Å². The van der Waals surface area contributed by atoms with E-state index in [1.165, 1.54) is 0 Å². The fourth-order valence-corrected chi connectivity index (χ4v) is 4.61. The number of carbonyl (C=O) groups is 2. The molecule has 0 aromatic heterocycles. The van der Waals surface area contributed by atoms with E-state index in [0.717, 1.165) is 24.2 Å². The van der Waals surface area contributed by atoms with Gasteiger partial charge in [0.05, 0.1) is 31.9 Å². The number of hydrogen-bond acceptors (Lipinski definition) is 7. The second-order valence-corrected chi connectivity index (χ2v) is 8.80. The Morgan fingerprint density at radius 3 is 2.44 bits per heavy atom. The molecule has 1 atom stereocenters. The molecular formula is C28H32N2O6. The molecule has 190 valence electrons. The van der Waals surface area contributed by atoms with E-state index in [9.17, 15) is 14.7 Å². The first-order valence-electron chi connectivity index (χ1n) is 12.0. The van der Waals surface area contributed by atoms with Crippen molar-refractivity contribution in [3.8, 4) is 11.5 Å². The Hall–Kier alpha value is -3.62. The predicted octanol–water partition coefficient (Wildman–Crippen LogP) is 3.32. The van der Waals surface area contributed by atoms with E-state index in [1.54, 1.807) is 48.4 Å². The van der Waals surface area contributed by atoms with Crippen LogP contribution >= 0.6 is 0 Å². The second-order valence-electron chi connectivity index (χ2n) is 8.80. The predicted molar refractivity (Wildman–Crippen MR) is 136 cm³/mol. The molecule has 0 spiro atoms. The highest BCUT2D eigenvalue weighted by Gasteiger charge is 2.46. The number of Topliss-reactive ketones (excluding diaryl/α,β-unsaturated/α-hetero) is 1. The Morgan fingerprint density at radius 2 is 1.81 bits per heavy atom. The molecular weight excluding hydrogens is 460 g/mol. The van der Waals surface area contributed by atoms with Crippen molar-refractivity contribution in [3.05, 3.63) is 77.4 Å². The summed E-state index contributed by atoms with van der Waals surface area (Å²) in [4.78, 5) is 30.3. The number of nitrogens with zero attached hydrogens (tertiary/aromatic N) is 2. The number of likely N-dealkylation sites (tertiary alicyclic amines) is 1. The van der Waals surface area contributed by atoms with E-state index in [4.69, 9.17) is 14.2 Å². The first kappa shape index (κ1) is 25.5. The molecule has 1 N–H and O–H groups in total. The van der Waals surface area contributed by atoms with Crippen molar-refractivity contribution in [2.24, 2.45) is 0 Å². The molecule has 2 aliphatic heterocycles. The minimum absolute atomic E-state index is 0.0787. The van der Waals surface area contributed by atoms with Gasteiger partial charge in [0.1, 0.15) is 23.9 Å². The van der Waals surface area contributed by atoms with Crippen LogP contribution in [0, 0.1) is 6.92 Å². The first-order chi connectivity index (χ1) is 17.4. The summed E-state index contributed by atoms with van der Waals surface area (Å²) in [5.41, 5.74) is 2.00. The van der Waals surface area contributed by atoms with Crippen molar-refractivity contribution in [2.45, 2.75) is 13.0 Å². The average Bonchev–Trinajstić information content (AvgIpc) is 3.16. The van der Waals surface area contributed by atoms with E-state index in [2.05, 4.69) is 11.5 Å². The summed E-state index contributed by atoms with van der Waals surface area (Å²) in [7, 11) is 1.58. The van der Waals surface area contributed by atoms with Gasteiger partial charge in [-0.2, -0.15) is 0 Å². The highest BCUT2D eigenvalue weighted by molar-refractivity contribution is 6.46. The molecule has 2 aromatic rings. The maximum Gasteiger partial charge on any atom is 0.295 e. The largest absolute Gasteiger partial charge is 0.507 e. The lowest BCUT2D eigenvalue weighted by Crippen LogP contribution is -2.42. The summed E-state index contributed by atoms with van der Waals surface area (Å²) in [5, 5.41) is 11.4. The van der Waals surface area contributed by atoms with Gasteiger partial charge in [-0.3, -0.25) is 14.5 Å². The van der Waals surface area contributed by atoms with Crippen LogP contribution in [0.2, 0.25) is 0 Å². The zero-order valence-electron chi connectivity index (χ0n) is 20.7. The standard InChI is InChI=1S/C28H32N2O6/c1-4-15-36-22-9-10-23(19(2)18-22)26(31)24-25(20-5-7-21(34-3)8-6-20)30(28(33)27(24)32)12-11-29-13-16-35-17-14-29/h4-10,18,25,31H,1,11-17H2,2-3H3/t25-/m0/s1. The number of amides is 1. The average molecular weight is 493 g/mol. The lowest BCUT2D eigenvalue weighted by Gasteiger charge is -2.31. The van der Waals surface area contributed by atoms with Crippen LogP contribution in [0.1, 0.15) is 22.7 Å². The van der Waals surface area contributed by atoms with Crippen LogP contribution < -0.4 is 9.47 Å². The first-order valence-corrected chi connectivity index (χ1v) is 12.0. The maximum atomic E-state index is 13.3. The summed E-state index contributed by atoms with van der Waals surface area (Å²) < 4.78 is 16.3. The molecule has 0 saturated carbocycles. The summed E-state index contributed by atoms with van der Waals surface area (Å²) >= 11 is 0. The molecule has 0 bridgehead atoms. The zero-order valence-corrected chi connectivity index (χ0v) is 20.7. The monoisotopic (exact) mass is 492 g/mol. The third-order valence-electron chi connectivity index (χ3n) is 6.55. The van der Waals surface area contributed by atoms with Gasteiger partial charge in [0, 0.05) is 31.7 Å². The molecule has 0 aliphatic carbocycles. The molecule has 0 unspecified atom stereocenters. The van der Waals surface area contributed by atoms with Crippen LogP contribution in [-0.2, 0) is 14.3 Å². The maximum absolute atomic E-state index is 13.3. The molecule has 2 fully saturated rings. The summed E-state index contributed by atoms with van der Waals surface area (Å²) in [5.74, 6) is -0.219. The van der Waals surface area contributed by atoms with Crippen molar-refractivity contribution in [1.29, 1.82) is 0 Å². The molecule has 2 aliphatic rings. The number of benzene rings is 2. The van der Waals surface area contributed by atoms with Crippen molar-refractivity contribution < 1.29 is 28.9 Å². The normalized spacial score (nSPS) is 19.9. The number of morpholine rings is 1. The van der Waals surface area contributed by atoms with Crippen molar-refractivity contribution >= 4 is 17.4 Å². The number of aliphatic hydroxyl groups is 1. The van der Waals surface area contributed by atoms with Gasteiger partial charge in [0.15, 0.2) is 0 Å². The van der Waals surface area contributed by atoms with E-state index in [-0.39, 0.29) is 11.3 Å². The molecule has 2 aromatic carbocycles. The van der Waals surface area contributed by atoms with E-state index in [0.29, 0.717) is 50.0 Å². The van der Waals surface area contributed by atoms with E-state index < -0.39 is 17.7 Å². The minimum atomic E-state index is -0.715. The van der Waals surface area contributed by atoms with Crippen LogP contribution in [0.5, 0.6) is 11.5 Å². The van der Waals surface area contributed by atoms with Gasteiger partial charge in [0.25, 0.3) is 11.7 Å². The number of aliphatic hydroxyl groups excluding tert-OH is 1. The van der Waals surface area contributed by atoms with Crippen LogP contribution in [0.3, 0.4) is 0 Å². The zero-order chi connectivity index (χ0) is 25.7. The smallest absolute Gasteiger partial charge is 0.295 e. The van der Waals surface area contributed by atoms with Crippen LogP contribution in [0.4, 0.5) is 0 Å². The van der Waals surface area contributed by atoms with Gasteiger partial charge in [-0.05, 0) is 48.4 Å². The van der Waals surface area contributed by atoms with Crippen molar-refractivity contribution in [3.63, 3.8) is 0 Å². The van der Waals surface area contributed by atoms with Crippen LogP contribution in [0.15, 0.2) is 60.7 Å². The molecule has 8 nitrogen and oxygen atoms in total. The van der Waals surface area contributed by atoms with Gasteiger partial charge in [-0.1, -0.05) is 24.8 Å². The molecule has 4 rings (SSSR count). The lowest BCUT2D eigenvalue weighted by molar-refractivity contribution is -0.140. The lowest BCUT2D eigenvalue weighted by atomic mass is 9.94. The fraction of sp³-hybridized carbons (Fsp3) is 0.357. The van der Waals surface area contributed by atoms with Gasteiger partial charge < -0.3 is 24.2 Å². The Kier molecular flexibility index (Phi) is 8.07. The number of rotatable bonds is 9. The second kappa shape index (κ2) is 11.4. The van der Waals surface area contributed by atoms with Crippen molar-refractivity contribution in [1.82, 2.24) is 9.80 Å². The molecule has 2 heterocycles. The van der Waals surface area contributed by atoms with E-state index >= 15 is 0 Å². The van der Waals surface area contributed by atoms with Crippen LogP contribution in [0.25, 0.3) is 5.76 Å². The third-order valence-corrected chi connectivity index (χ3v) is 6.55. The van der Waals surface area contributed by atoms with Gasteiger partial charge in [0.2, 0.25) is 0 Å². The third kappa shape index (κ3) is 5.29. The molecule has 36 heavy (non-hydrogen) atoms. The topological polar surface area (TPSA) is 88.5 Å². The Balaban J connectivity index is 1.73. The summed E-state index contributed by atoms with van der Waals surface area (Å²) in [6, 6.07) is 11.7. The number of methoxy groups -OCH3 is 1. The van der Waals surface area contributed by atoms with Crippen molar-refractivity contribution in [2.75, 3.05) is 53.1 Å². The Bertz CT molecular complexity index is 1150. The van der Waals surface area contributed by atoms with E-state index in [1.807, 2.05) is 19.1 Å². The Labute approximate surface area is 211 Å².